The number of carboxylic acids is 1. The summed E-state index contributed by atoms with van der Waals surface area (Å²) in [4.78, 5) is 48.1. The minimum atomic E-state index is -1.05. The van der Waals surface area contributed by atoms with Gasteiger partial charge >= 0.3 is 12.0 Å². The van der Waals surface area contributed by atoms with Gasteiger partial charge in [-0.2, -0.15) is 0 Å². The lowest BCUT2D eigenvalue weighted by molar-refractivity contribution is -0.143. The van der Waals surface area contributed by atoms with Crippen molar-refractivity contribution in [2.45, 2.75) is 25.3 Å². The number of hydrogen-bond acceptors (Lipinski definition) is 4. The summed E-state index contributed by atoms with van der Waals surface area (Å²) in [6.07, 6.45) is 1.87. The molecule has 2 aliphatic rings. The number of hydrogen-bond donors (Lipinski definition) is 2. The summed E-state index contributed by atoms with van der Waals surface area (Å²) in [6.45, 7) is -0.0943. The van der Waals surface area contributed by atoms with Crippen LogP contribution in [0.2, 0.25) is 0 Å². The minimum Gasteiger partial charge on any atom is -0.480 e. The lowest BCUT2D eigenvalue weighted by Crippen LogP contribution is -2.59. The number of carbonyl (C=O) groups is 4. The van der Waals surface area contributed by atoms with Gasteiger partial charge in [0, 0.05) is 6.54 Å². The Balaban J connectivity index is 2.10. The van der Waals surface area contributed by atoms with Gasteiger partial charge < -0.3 is 14.9 Å². The summed E-state index contributed by atoms with van der Waals surface area (Å²) < 4.78 is 0. The number of carbonyl (C=O) groups excluding carboxylic acids is 3. The average Bonchev–Trinajstić information content (AvgIpc) is 2.36. The molecule has 0 aliphatic carbocycles. The third-order valence-electron chi connectivity index (χ3n) is 3.25. The second-order valence-electron chi connectivity index (χ2n) is 4.65. The fourth-order valence-corrected chi connectivity index (χ4v) is 2.37. The van der Waals surface area contributed by atoms with Crippen molar-refractivity contribution in [3.63, 3.8) is 0 Å². The lowest BCUT2D eigenvalue weighted by Gasteiger charge is -2.37. The van der Waals surface area contributed by atoms with E-state index < -0.39 is 29.9 Å². The number of carboxylic acid groups (broad SMARTS) is 1. The smallest absolute Gasteiger partial charge is 0.326 e. The largest absolute Gasteiger partial charge is 0.480 e. The average molecular weight is 269 g/mol. The van der Waals surface area contributed by atoms with Crippen LogP contribution in [0.15, 0.2) is 0 Å². The molecule has 8 heteroatoms. The standard InChI is InChI=1S/C11H15N3O5/c15-8-5-13(6-9(16)12-8)11(19)14-4-2-1-3-7(14)10(17)18/h7H,1-6H2,(H,17,18)(H,12,15,16). The van der Waals surface area contributed by atoms with Crippen LogP contribution in [0.4, 0.5) is 4.79 Å². The van der Waals surface area contributed by atoms with E-state index in [2.05, 4.69) is 5.32 Å². The van der Waals surface area contributed by atoms with Crippen molar-refractivity contribution < 1.29 is 24.3 Å². The highest BCUT2D eigenvalue weighted by molar-refractivity contribution is 6.02. The second-order valence-corrected chi connectivity index (χ2v) is 4.65. The quantitative estimate of drug-likeness (QED) is 0.594. The summed E-state index contributed by atoms with van der Waals surface area (Å²) in [5.74, 6) is -2.15. The molecule has 0 bridgehead atoms. The van der Waals surface area contributed by atoms with Crippen molar-refractivity contribution in [1.82, 2.24) is 15.1 Å². The van der Waals surface area contributed by atoms with E-state index in [-0.39, 0.29) is 13.1 Å². The SMILES string of the molecule is O=C1CN(C(=O)N2CCCCC2C(=O)O)CC(=O)N1. The van der Waals surface area contributed by atoms with Gasteiger partial charge in [0.15, 0.2) is 0 Å². The highest BCUT2D eigenvalue weighted by Crippen LogP contribution is 2.19. The third kappa shape index (κ3) is 2.83. The molecule has 1 atom stereocenters. The van der Waals surface area contributed by atoms with Gasteiger partial charge in [0.25, 0.3) is 0 Å². The number of piperidine rings is 1. The normalized spacial score (nSPS) is 24.1. The minimum absolute atomic E-state index is 0.215. The van der Waals surface area contributed by atoms with Crippen molar-refractivity contribution >= 4 is 23.8 Å². The molecule has 104 valence electrons. The van der Waals surface area contributed by atoms with E-state index in [1.807, 2.05) is 0 Å². The number of nitrogens with one attached hydrogen (secondary N) is 1. The third-order valence-corrected chi connectivity index (χ3v) is 3.25. The molecule has 1 unspecified atom stereocenters. The highest BCUT2D eigenvalue weighted by atomic mass is 16.4. The molecule has 8 nitrogen and oxygen atoms in total. The zero-order valence-electron chi connectivity index (χ0n) is 10.3. The topological polar surface area (TPSA) is 107 Å². The number of rotatable bonds is 1. The van der Waals surface area contributed by atoms with E-state index in [1.54, 1.807) is 0 Å². The Morgan fingerprint density at radius 2 is 1.79 bits per heavy atom. The van der Waals surface area contributed by atoms with Gasteiger partial charge in [-0.3, -0.25) is 14.9 Å². The van der Waals surface area contributed by atoms with Crippen LogP contribution < -0.4 is 5.32 Å². The second kappa shape index (κ2) is 5.25. The summed E-state index contributed by atoms with van der Waals surface area (Å²) in [5.41, 5.74) is 0. The summed E-state index contributed by atoms with van der Waals surface area (Å²) in [6, 6.07) is -1.43. The predicted molar refractivity (Wildman–Crippen MR) is 62.1 cm³/mol. The maximum atomic E-state index is 12.2. The summed E-state index contributed by atoms with van der Waals surface area (Å²) >= 11 is 0. The van der Waals surface area contributed by atoms with Gasteiger partial charge in [-0.15, -0.1) is 0 Å². The zero-order valence-corrected chi connectivity index (χ0v) is 10.3. The number of nitrogens with zero attached hydrogens (tertiary/aromatic N) is 2. The molecule has 0 saturated carbocycles. The highest BCUT2D eigenvalue weighted by Gasteiger charge is 2.36. The van der Waals surface area contributed by atoms with Crippen molar-refractivity contribution in [2.24, 2.45) is 0 Å². The molecule has 2 fully saturated rings. The molecule has 2 rings (SSSR count). The lowest BCUT2D eigenvalue weighted by atomic mass is 10.0. The Morgan fingerprint density at radius 1 is 1.16 bits per heavy atom. The van der Waals surface area contributed by atoms with Crippen LogP contribution >= 0.6 is 0 Å². The van der Waals surface area contributed by atoms with E-state index in [1.165, 1.54) is 4.90 Å². The molecule has 19 heavy (non-hydrogen) atoms. The van der Waals surface area contributed by atoms with Gasteiger partial charge in [-0.1, -0.05) is 0 Å². The molecule has 0 aromatic heterocycles. The van der Waals surface area contributed by atoms with Crippen molar-refractivity contribution in [3.8, 4) is 0 Å². The summed E-state index contributed by atoms with van der Waals surface area (Å²) in [5, 5.41) is 11.2. The fourth-order valence-electron chi connectivity index (χ4n) is 2.37. The molecule has 2 saturated heterocycles. The zero-order chi connectivity index (χ0) is 14.0. The van der Waals surface area contributed by atoms with Crippen LogP contribution in [0.1, 0.15) is 19.3 Å². The molecule has 0 spiro atoms. The van der Waals surface area contributed by atoms with Crippen molar-refractivity contribution in [3.05, 3.63) is 0 Å². The van der Waals surface area contributed by atoms with Crippen molar-refractivity contribution in [1.29, 1.82) is 0 Å². The van der Waals surface area contributed by atoms with Crippen LogP contribution in [0.5, 0.6) is 0 Å². The summed E-state index contributed by atoms with van der Waals surface area (Å²) in [7, 11) is 0. The first-order chi connectivity index (χ1) is 8.99. The molecule has 0 aromatic carbocycles. The number of amides is 4. The molecule has 0 radical (unpaired) electrons. The molecular weight excluding hydrogens is 254 g/mol. The number of likely N-dealkylation sites (tertiary alicyclic amines) is 1. The molecule has 0 aromatic rings. The monoisotopic (exact) mass is 269 g/mol. The van der Waals surface area contributed by atoms with Gasteiger partial charge in [0.1, 0.15) is 19.1 Å². The van der Waals surface area contributed by atoms with Crippen LogP contribution in [0, 0.1) is 0 Å². The van der Waals surface area contributed by atoms with Crippen LogP contribution in [0.25, 0.3) is 0 Å². The van der Waals surface area contributed by atoms with Crippen LogP contribution in [-0.2, 0) is 14.4 Å². The number of aliphatic carboxylic acids is 1. The van der Waals surface area contributed by atoms with E-state index in [4.69, 9.17) is 5.11 Å². The van der Waals surface area contributed by atoms with Gasteiger partial charge in [-0.25, -0.2) is 9.59 Å². The van der Waals surface area contributed by atoms with Crippen LogP contribution in [-0.4, -0.2) is 64.4 Å². The maximum Gasteiger partial charge on any atom is 0.326 e. The molecule has 4 amide bonds. The first-order valence-electron chi connectivity index (χ1n) is 6.10. The molecule has 2 heterocycles. The Hall–Kier alpha value is -2.12. The molecule has 2 N–H and O–H groups in total. The first-order valence-corrected chi connectivity index (χ1v) is 6.10. The first kappa shape index (κ1) is 13.3. The maximum absolute atomic E-state index is 12.2. The van der Waals surface area contributed by atoms with Gasteiger partial charge in [0.2, 0.25) is 11.8 Å². The number of urea groups is 1. The number of imide groups is 1. The number of piperazine rings is 1. The molecule has 2 aliphatic heterocycles. The van der Waals surface area contributed by atoms with Gasteiger partial charge in [0.05, 0.1) is 0 Å². The Kier molecular flexibility index (Phi) is 3.68. The Morgan fingerprint density at radius 3 is 2.37 bits per heavy atom. The Bertz CT molecular complexity index is 420. The van der Waals surface area contributed by atoms with Gasteiger partial charge in [-0.05, 0) is 19.3 Å². The van der Waals surface area contributed by atoms with E-state index in [0.717, 1.165) is 17.7 Å². The fraction of sp³-hybridized carbons (Fsp3) is 0.636. The van der Waals surface area contributed by atoms with Crippen molar-refractivity contribution in [2.75, 3.05) is 19.6 Å². The Labute approximate surface area is 109 Å². The van der Waals surface area contributed by atoms with E-state index in [9.17, 15) is 19.2 Å². The van der Waals surface area contributed by atoms with E-state index in [0.29, 0.717) is 13.0 Å². The van der Waals surface area contributed by atoms with E-state index >= 15 is 0 Å². The predicted octanol–water partition coefficient (Wildman–Crippen LogP) is -0.996. The molecular formula is C11H15N3O5. The van der Waals surface area contributed by atoms with Crippen LogP contribution in [0.3, 0.4) is 0 Å².